The summed E-state index contributed by atoms with van der Waals surface area (Å²) in [6.07, 6.45) is 0. The lowest BCUT2D eigenvalue weighted by molar-refractivity contribution is 0.592. The fraction of sp³-hybridized carbons (Fsp3) is 0.133. The van der Waals surface area contributed by atoms with Gasteiger partial charge in [0.05, 0.1) is 11.3 Å². The fourth-order valence-electron chi connectivity index (χ4n) is 1.77. The SMILES string of the molecule is Cc1cc(F)c(NCc2cccc(C#N)c2F)cc1F. The van der Waals surface area contributed by atoms with Gasteiger partial charge in [-0.1, -0.05) is 12.1 Å². The Balaban J connectivity index is 2.22. The lowest BCUT2D eigenvalue weighted by atomic mass is 10.1. The van der Waals surface area contributed by atoms with Crippen molar-refractivity contribution in [2.24, 2.45) is 0 Å². The zero-order valence-corrected chi connectivity index (χ0v) is 10.7. The minimum absolute atomic E-state index is 0.0409. The van der Waals surface area contributed by atoms with Crippen molar-refractivity contribution in [2.45, 2.75) is 13.5 Å². The monoisotopic (exact) mass is 276 g/mol. The minimum Gasteiger partial charge on any atom is -0.378 e. The minimum atomic E-state index is -0.657. The third-order valence-corrected chi connectivity index (χ3v) is 2.92. The number of nitrogens with zero attached hydrogens (tertiary/aromatic N) is 1. The zero-order valence-electron chi connectivity index (χ0n) is 10.7. The third kappa shape index (κ3) is 2.75. The number of nitriles is 1. The van der Waals surface area contributed by atoms with Gasteiger partial charge in [0.15, 0.2) is 0 Å². The maximum absolute atomic E-state index is 13.8. The van der Waals surface area contributed by atoms with Crippen molar-refractivity contribution >= 4 is 5.69 Å². The number of hydrogen-bond donors (Lipinski definition) is 1. The molecule has 0 aromatic heterocycles. The Labute approximate surface area is 114 Å². The van der Waals surface area contributed by atoms with Crippen molar-refractivity contribution in [3.05, 3.63) is 64.5 Å². The number of nitrogens with one attached hydrogen (secondary N) is 1. The van der Waals surface area contributed by atoms with Crippen molar-refractivity contribution < 1.29 is 13.2 Å². The van der Waals surface area contributed by atoms with Crippen LogP contribution in [0.15, 0.2) is 30.3 Å². The number of benzene rings is 2. The van der Waals surface area contributed by atoms with Crippen LogP contribution in [-0.4, -0.2) is 0 Å². The van der Waals surface area contributed by atoms with Crippen LogP contribution >= 0.6 is 0 Å². The van der Waals surface area contributed by atoms with Crippen molar-refractivity contribution in [3.63, 3.8) is 0 Å². The first kappa shape index (κ1) is 13.9. The van der Waals surface area contributed by atoms with Crippen molar-refractivity contribution in [1.29, 1.82) is 5.26 Å². The van der Waals surface area contributed by atoms with Gasteiger partial charge in [-0.3, -0.25) is 0 Å². The van der Waals surface area contributed by atoms with Crippen molar-refractivity contribution in [1.82, 2.24) is 0 Å². The summed E-state index contributed by atoms with van der Waals surface area (Å²) in [6.45, 7) is 1.42. The van der Waals surface area contributed by atoms with Gasteiger partial charge in [0.2, 0.25) is 0 Å². The number of halogens is 3. The third-order valence-electron chi connectivity index (χ3n) is 2.92. The number of hydrogen-bond acceptors (Lipinski definition) is 2. The summed E-state index contributed by atoms with van der Waals surface area (Å²) in [5.41, 5.74) is 0.282. The average molecular weight is 276 g/mol. The van der Waals surface area contributed by atoms with Crippen LogP contribution in [0.1, 0.15) is 16.7 Å². The molecule has 0 fully saturated rings. The van der Waals surface area contributed by atoms with E-state index in [0.29, 0.717) is 0 Å². The van der Waals surface area contributed by atoms with Crippen LogP contribution in [0.4, 0.5) is 18.9 Å². The highest BCUT2D eigenvalue weighted by Gasteiger charge is 2.10. The largest absolute Gasteiger partial charge is 0.378 e. The predicted octanol–water partition coefficient (Wildman–Crippen LogP) is 3.90. The van der Waals surface area contributed by atoms with Gasteiger partial charge >= 0.3 is 0 Å². The molecule has 0 aliphatic rings. The molecular formula is C15H11F3N2. The van der Waals surface area contributed by atoms with Crippen LogP contribution in [0.3, 0.4) is 0 Å². The van der Waals surface area contributed by atoms with Gasteiger partial charge < -0.3 is 5.32 Å². The van der Waals surface area contributed by atoms with Crippen LogP contribution in [0, 0.1) is 35.7 Å². The normalized spacial score (nSPS) is 10.2. The molecule has 0 spiro atoms. The number of rotatable bonds is 3. The first-order valence-corrected chi connectivity index (χ1v) is 5.90. The molecule has 0 saturated heterocycles. The molecular weight excluding hydrogens is 265 g/mol. The molecule has 0 atom stereocenters. The van der Waals surface area contributed by atoms with Gasteiger partial charge in [0, 0.05) is 18.2 Å². The quantitative estimate of drug-likeness (QED) is 0.923. The van der Waals surface area contributed by atoms with E-state index < -0.39 is 17.5 Å². The standard InChI is InChI=1S/C15H11F3N2/c1-9-5-13(17)14(6-12(9)16)20-8-11-4-2-3-10(7-19)15(11)18/h2-6,20H,8H2,1H3. The maximum atomic E-state index is 13.8. The Bertz CT molecular complexity index is 690. The van der Waals surface area contributed by atoms with Gasteiger partial charge in [-0.2, -0.15) is 5.26 Å². The van der Waals surface area contributed by atoms with E-state index in [1.165, 1.54) is 25.1 Å². The van der Waals surface area contributed by atoms with Crippen LogP contribution < -0.4 is 5.32 Å². The molecule has 0 aliphatic heterocycles. The summed E-state index contributed by atoms with van der Waals surface area (Å²) in [7, 11) is 0. The summed E-state index contributed by atoms with van der Waals surface area (Å²) >= 11 is 0. The molecule has 5 heteroatoms. The molecule has 20 heavy (non-hydrogen) atoms. The van der Waals surface area contributed by atoms with Gasteiger partial charge in [-0.15, -0.1) is 0 Å². The molecule has 0 aliphatic carbocycles. The van der Waals surface area contributed by atoms with E-state index in [1.807, 2.05) is 0 Å². The van der Waals surface area contributed by atoms with Crippen LogP contribution in [0.5, 0.6) is 0 Å². The van der Waals surface area contributed by atoms with E-state index in [1.54, 1.807) is 6.07 Å². The van der Waals surface area contributed by atoms with Crippen LogP contribution in [0.2, 0.25) is 0 Å². The Morgan fingerprint density at radius 2 is 1.90 bits per heavy atom. The molecule has 2 rings (SSSR count). The molecule has 0 unspecified atom stereocenters. The molecule has 2 aromatic carbocycles. The molecule has 0 heterocycles. The first-order chi connectivity index (χ1) is 9.52. The summed E-state index contributed by atoms with van der Waals surface area (Å²) < 4.78 is 40.8. The highest BCUT2D eigenvalue weighted by atomic mass is 19.1. The number of aryl methyl sites for hydroxylation is 1. The van der Waals surface area contributed by atoms with Crippen LogP contribution in [-0.2, 0) is 6.54 Å². The Hall–Kier alpha value is -2.48. The topological polar surface area (TPSA) is 35.8 Å². The molecule has 0 amide bonds. The Morgan fingerprint density at radius 3 is 2.60 bits per heavy atom. The molecule has 0 saturated carbocycles. The van der Waals surface area contributed by atoms with Crippen molar-refractivity contribution in [2.75, 3.05) is 5.32 Å². The summed E-state index contributed by atoms with van der Waals surface area (Å²) in [5, 5.41) is 11.3. The molecule has 2 aromatic rings. The molecule has 0 bridgehead atoms. The smallest absolute Gasteiger partial charge is 0.146 e. The Kier molecular flexibility index (Phi) is 3.94. The Morgan fingerprint density at radius 1 is 1.15 bits per heavy atom. The van der Waals surface area contributed by atoms with E-state index in [4.69, 9.17) is 5.26 Å². The van der Waals surface area contributed by atoms with E-state index in [-0.39, 0.29) is 28.9 Å². The molecule has 102 valence electrons. The van der Waals surface area contributed by atoms with Gasteiger partial charge in [-0.05, 0) is 24.6 Å². The summed E-state index contributed by atoms with van der Waals surface area (Å²) in [5.74, 6) is -1.81. The van der Waals surface area contributed by atoms with Gasteiger partial charge in [0.25, 0.3) is 0 Å². The lowest BCUT2D eigenvalue weighted by Crippen LogP contribution is -2.05. The molecule has 1 N–H and O–H groups in total. The lowest BCUT2D eigenvalue weighted by Gasteiger charge is -2.10. The fourth-order valence-corrected chi connectivity index (χ4v) is 1.77. The molecule has 0 radical (unpaired) electrons. The van der Waals surface area contributed by atoms with Crippen molar-refractivity contribution in [3.8, 4) is 6.07 Å². The van der Waals surface area contributed by atoms with E-state index in [2.05, 4.69) is 5.32 Å². The predicted molar refractivity (Wildman–Crippen MR) is 69.5 cm³/mol. The van der Waals surface area contributed by atoms with Gasteiger partial charge in [0.1, 0.15) is 23.5 Å². The van der Waals surface area contributed by atoms with E-state index >= 15 is 0 Å². The highest BCUT2D eigenvalue weighted by Crippen LogP contribution is 2.20. The van der Waals surface area contributed by atoms with Gasteiger partial charge in [-0.25, -0.2) is 13.2 Å². The van der Waals surface area contributed by atoms with Crippen LogP contribution in [0.25, 0.3) is 0 Å². The molecule has 2 nitrogen and oxygen atoms in total. The van der Waals surface area contributed by atoms with E-state index in [9.17, 15) is 13.2 Å². The second-order valence-corrected chi connectivity index (χ2v) is 4.33. The number of anilines is 1. The summed E-state index contributed by atoms with van der Waals surface area (Å²) in [6, 6.07) is 8.18. The highest BCUT2D eigenvalue weighted by molar-refractivity contribution is 5.48. The average Bonchev–Trinajstić information content (AvgIpc) is 2.43. The maximum Gasteiger partial charge on any atom is 0.146 e. The summed E-state index contributed by atoms with van der Waals surface area (Å²) in [4.78, 5) is 0. The first-order valence-electron chi connectivity index (χ1n) is 5.90. The second kappa shape index (κ2) is 5.66. The second-order valence-electron chi connectivity index (χ2n) is 4.33. The zero-order chi connectivity index (χ0) is 14.7. The van der Waals surface area contributed by atoms with E-state index in [0.717, 1.165) is 12.1 Å².